The molecule has 1 fully saturated rings. The fraction of sp³-hybridized carbons (Fsp3) is 0.538. The third-order valence-corrected chi connectivity index (χ3v) is 6.68. The van der Waals surface area contributed by atoms with Gasteiger partial charge in [0.25, 0.3) is 0 Å². The molecule has 0 N–H and O–H groups in total. The van der Waals surface area contributed by atoms with E-state index in [2.05, 4.69) is 6.92 Å². The van der Waals surface area contributed by atoms with Gasteiger partial charge in [-0.3, -0.25) is 0 Å². The van der Waals surface area contributed by atoms with Crippen LogP contribution in [0.2, 0.25) is 0 Å². The number of benzene rings is 2. The Morgan fingerprint density at radius 1 is 0.828 bits per heavy atom. The van der Waals surface area contributed by atoms with Crippen molar-refractivity contribution >= 4 is 0 Å². The minimum atomic E-state index is -1.10. The standard InChI is InChI=1S/C26H33F3/c1-3-4-5-6-19-7-9-20(10-8-19)11-12-21-13-15-22(16-14-21)23-17-24(27)18(2)25(28)26(23)29/h13-17,19-20H,3-12H2,1-2H3/t19-,20-. The summed E-state index contributed by atoms with van der Waals surface area (Å²) < 4.78 is 41.9. The van der Waals surface area contributed by atoms with Crippen LogP contribution >= 0.6 is 0 Å². The van der Waals surface area contributed by atoms with Crippen molar-refractivity contribution in [2.24, 2.45) is 11.8 Å². The molecule has 29 heavy (non-hydrogen) atoms. The largest absolute Gasteiger partial charge is 0.207 e. The lowest BCUT2D eigenvalue weighted by atomic mass is 9.78. The van der Waals surface area contributed by atoms with E-state index in [0.29, 0.717) is 5.56 Å². The van der Waals surface area contributed by atoms with E-state index < -0.39 is 17.5 Å². The van der Waals surface area contributed by atoms with Crippen molar-refractivity contribution in [1.82, 2.24) is 0 Å². The van der Waals surface area contributed by atoms with Gasteiger partial charge >= 0.3 is 0 Å². The number of halogens is 3. The molecule has 3 heteroatoms. The maximum atomic E-state index is 14.2. The molecule has 0 atom stereocenters. The summed E-state index contributed by atoms with van der Waals surface area (Å²) in [6.07, 6.45) is 13.1. The molecule has 0 saturated heterocycles. The normalized spacial score (nSPS) is 19.5. The molecule has 1 aliphatic rings. The number of aryl methyl sites for hydroxylation is 1. The number of hydrogen-bond acceptors (Lipinski definition) is 0. The van der Waals surface area contributed by atoms with Crippen molar-refractivity contribution in [3.05, 3.63) is 58.9 Å². The second-order valence-corrected chi connectivity index (χ2v) is 8.78. The van der Waals surface area contributed by atoms with Crippen LogP contribution in [0.3, 0.4) is 0 Å². The summed E-state index contributed by atoms with van der Waals surface area (Å²) in [4.78, 5) is 0. The summed E-state index contributed by atoms with van der Waals surface area (Å²) in [5.74, 6) is -1.06. The lowest BCUT2D eigenvalue weighted by molar-refractivity contribution is 0.249. The molecule has 158 valence electrons. The zero-order valence-corrected chi connectivity index (χ0v) is 17.7. The van der Waals surface area contributed by atoms with E-state index in [9.17, 15) is 13.2 Å². The Morgan fingerprint density at radius 3 is 2.07 bits per heavy atom. The first kappa shape index (κ1) is 21.9. The van der Waals surface area contributed by atoms with Crippen LogP contribution in [-0.4, -0.2) is 0 Å². The number of unbranched alkanes of at least 4 members (excludes halogenated alkanes) is 2. The minimum absolute atomic E-state index is 0.0152. The fourth-order valence-corrected chi connectivity index (χ4v) is 4.61. The van der Waals surface area contributed by atoms with Gasteiger partial charge in [-0.05, 0) is 48.8 Å². The van der Waals surface area contributed by atoms with Gasteiger partial charge in [-0.1, -0.05) is 82.6 Å². The average molecular weight is 403 g/mol. The highest BCUT2D eigenvalue weighted by molar-refractivity contribution is 5.65. The number of rotatable bonds is 8. The SMILES string of the molecule is CCCCC[C@H]1CC[C@H](CCc2ccc(-c3cc(F)c(C)c(F)c3F)cc2)CC1. The van der Waals surface area contributed by atoms with Crippen LogP contribution in [0.1, 0.15) is 75.8 Å². The third-order valence-electron chi connectivity index (χ3n) is 6.68. The summed E-state index contributed by atoms with van der Waals surface area (Å²) in [7, 11) is 0. The van der Waals surface area contributed by atoms with Crippen LogP contribution in [-0.2, 0) is 6.42 Å². The predicted octanol–water partition coefficient (Wildman–Crippen LogP) is 8.40. The molecule has 0 aliphatic heterocycles. The zero-order chi connectivity index (χ0) is 20.8. The van der Waals surface area contributed by atoms with Crippen LogP contribution in [0, 0.1) is 36.2 Å². The molecule has 0 bridgehead atoms. The van der Waals surface area contributed by atoms with Gasteiger partial charge in [-0.25, -0.2) is 13.2 Å². The highest BCUT2D eigenvalue weighted by atomic mass is 19.2. The van der Waals surface area contributed by atoms with Crippen molar-refractivity contribution in [2.75, 3.05) is 0 Å². The van der Waals surface area contributed by atoms with E-state index in [1.165, 1.54) is 70.3 Å². The predicted molar refractivity (Wildman–Crippen MR) is 114 cm³/mol. The topological polar surface area (TPSA) is 0 Å². The van der Waals surface area contributed by atoms with Gasteiger partial charge in [-0.2, -0.15) is 0 Å². The highest BCUT2D eigenvalue weighted by Crippen LogP contribution is 2.34. The quantitative estimate of drug-likeness (QED) is 0.307. The second-order valence-electron chi connectivity index (χ2n) is 8.78. The summed E-state index contributed by atoms with van der Waals surface area (Å²) in [6.45, 7) is 3.51. The van der Waals surface area contributed by atoms with Gasteiger partial charge in [0.1, 0.15) is 5.82 Å². The molecule has 2 aromatic rings. The van der Waals surface area contributed by atoms with Crippen molar-refractivity contribution < 1.29 is 13.2 Å². The summed E-state index contributed by atoms with van der Waals surface area (Å²) in [6, 6.07) is 8.54. The lowest BCUT2D eigenvalue weighted by Crippen LogP contribution is -2.15. The van der Waals surface area contributed by atoms with Crippen LogP contribution in [0.4, 0.5) is 13.2 Å². The highest BCUT2D eigenvalue weighted by Gasteiger charge is 2.21. The van der Waals surface area contributed by atoms with Crippen molar-refractivity contribution in [1.29, 1.82) is 0 Å². The average Bonchev–Trinajstić information content (AvgIpc) is 2.75. The van der Waals surface area contributed by atoms with E-state index in [4.69, 9.17) is 0 Å². The van der Waals surface area contributed by atoms with E-state index in [1.54, 1.807) is 12.1 Å². The van der Waals surface area contributed by atoms with Crippen LogP contribution in [0.15, 0.2) is 30.3 Å². The van der Waals surface area contributed by atoms with E-state index >= 15 is 0 Å². The molecular weight excluding hydrogens is 369 g/mol. The van der Waals surface area contributed by atoms with Crippen LogP contribution in [0.5, 0.6) is 0 Å². The summed E-state index contributed by atoms with van der Waals surface area (Å²) in [5, 5.41) is 0. The maximum absolute atomic E-state index is 14.2. The summed E-state index contributed by atoms with van der Waals surface area (Å²) >= 11 is 0. The minimum Gasteiger partial charge on any atom is -0.207 e. The zero-order valence-electron chi connectivity index (χ0n) is 17.7. The maximum Gasteiger partial charge on any atom is 0.167 e. The molecule has 1 saturated carbocycles. The van der Waals surface area contributed by atoms with Gasteiger partial charge in [0.2, 0.25) is 0 Å². The summed E-state index contributed by atoms with van der Waals surface area (Å²) in [5.41, 5.74) is 1.42. The van der Waals surface area contributed by atoms with Crippen molar-refractivity contribution in [2.45, 2.75) is 78.1 Å². The van der Waals surface area contributed by atoms with Gasteiger partial charge in [0, 0.05) is 11.1 Å². The van der Waals surface area contributed by atoms with E-state index in [1.807, 2.05) is 12.1 Å². The molecule has 0 spiro atoms. The first-order chi connectivity index (χ1) is 14.0. The Kier molecular flexibility index (Phi) is 7.80. The van der Waals surface area contributed by atoms with E-state index in [0.717, 1.165) is 24.3 Å². The fourth-order valence-electron chi connectivity index (χ4n) is 4.61. The smallest absolute Gasteiger partial charge is 0.167 e. The molecule has 0 nitrogen and oxygen atoms in total. The van der Waals surface area contributed by atoms with Crippen LogP contribution < -0.4 is 0 Å². The van der Waals surface area contributed by atoms with Gasteiger partial charge in [0.15, 0.2) is 11.6 Å². The Balaban J connectivity index is 1.52. The van der Waals surface area contributed by atoms with Crippen molar-refractivity contribution in [3.8, 4) is 11.1 Å². The Labute approximate surface area is 173 Å². The molecule has 0 aromatic heterocycles. The lowest BCUT2D eigenvalue weighted by Gasteiger charge is -2.28. The first-order valence-corrected chi connectivity index (χ1v) is 11.2. The third kappa shape index (κ3) is 5.65. The van der Waals surface area contributed by atoms with Crippen LogP contribution in [0.25, 0.3) is 11.1 Å². The monoisotopic (exact) mass is 402 g/mol. The molecule has 0 unspecified atom stereocenters. The molecule has 3 rings (SSSR count). The first-order valence-electron chi connectivity index (χ1n) is 11.2. The molecule has 0 radical (unpaired) electrons. The van der Waals surface area contributed by atoms with Crippen molar-refractivity contribution in [3.63, 3.8) is 0 Å². The van der Waals surface area contributed by atoms with E-state index in [-0.39, 0.29) is 11.1 Å². The Hall–Kier alpha value is -1.77. The number of hydrogen-bond donors (Lipinski definition) is 0. The molecule has 0 amide bonds. The van der Waals surface area contributed by atoms with Gasteiger partial charge in [0.05, 0.1) is 0 Å². The van der Waals surface area contributed by atoms with Gasteiger partial charge < -0.3 is 0 Å². The van der Waals surface area contributed by atoms with Gasteiger partial charge in [-0.15, -0.1) is 0 Å². The molecule has 1 aliphatic carbocycles. The molecule has 0 heterocycles. The Bertz CT molecular complexity index is 787. The molecular formula is C26H33F3. The Morgan fingerprint density at radius 2 is 1.45 bits per heavy atom. The molecule has 2 aromatic carbocycles. The second kappa shape index (κ2) is 10.3.